The van der Waals surface area contributed by atoms with E-state index in [4.69, 9.17) is 0 Å². The van der Waals surface area contributed by atoms with Crippen LogP contribution in [0.2, 0.25) is 0 Å². The summed E-state index contributed by atoms with van der Waals surface area (Å²) in [4.78, 5) is 6.49. The van der Waals surface area contributed by atoms with Crippen LogP contribution >= 0.6 is 0 Å². The minimum Gasteiger partial charge on any atom is -0.387 e. The number of aromatic nitrogens is 1. The summed E-state index contributed by atoms with van der Waals surface area (Å²) in [6.07, 6.45) is 3.16. The molecule has 17 heavy (non-hydrogen) atoms. The fourth-order valence-corrected chi connectivity index (χ4v) is 1.70. The number of pyridine rings is 1. The summed E-state index contributed by atoms with van der Waals surface area (Å²) in [5.74, 6) is 0. The van der Waals surface area contributed by atoms with Crippen molar-refractivity contribution >= 4 is 5.69 Å². The van der Waals surface area contributed by atoms with Gasteiger partial charge in [-0.15, -0.1) is 6.58 Å². The molecule has 0 aliphatic heterocycles. The number of anilines is 1. The van der Waals surface area contributed by atoms with E-state index in [2.05, 4.69) is 37.2 Å². The Kier molecular flexibility index (Phi) is 4.29. The van der Waals surface area contributed by atoms with Gasteiger partial charge in [0, 0.05) is 12.1 Å². The molecule has 0 saturated carbocycles. The molecule has 0 unspecified atom stereocenters. The van der Waals surface area contributed by atoms with E-state index in [0.717, 1.165) is 12.2 Å². The highest BCUT2D eigenvalue weighted by molar-refractivity contribution is 5.47. The summed E-state index contributed by atoms with van der Waals surface area (Å²) < 4.78 is 0. The third kappa shape index (κ3) is 3.56. The van der Waals surface area contributed by atoms with Crippen molar-refractivity contribution < 1.29 is 5.11 Å². The summed E-state index contributed by atoms with van der Waals surface area (Å²) in [6, 6.07) is 3.85. The Hall–Kier alpha value is -1.35. The van der Waals surface area contributed by atoms with Gasteiger partial charge in [-0.3, -0.25) is 4.98 Å². The van der Waals surface area contributed by atoms with Crippen molar-refractivity contribution in [2.75, 3.05) is 11.4 Å². The van der Waals surface area contributed by atoms with Crippen LogP contribution in [0.4, 0.5) is 5.69 Å². The topological polar surface area (TPSA) is 36.4 Å². The molecule has 94 valence electrons. The van der Waals surface area contributed by atoms with E-state index in [1.807, 2.05) is 18.2 Å². The van der Waals surface area contributed by atoms with E-state index in [-0.39, 0.29) is 5.54 Å². The summed E-state index contributed by atoms with van der Waals surface area (Å²) in [7, 11) is 0. The molecule has 0 aliphatic carbocycles. The zero-order valence-corrected chi connectivity index (χ0v) is 11.1. The number of nitrogens with zero attached hydrogens (tertiary/aromatic N) is 2. The molecule has 1 aromatic rings. The van der Waals surface area contributed by atoms with Gasteiger partial charge in [0.05, 0.1) is 23.7 Å². The van der Waals surface area contributed by atoms with E-state index >= 15 is 0 Å². The summed E-state index contributed by atoms with van der Waals surface area (Å²) in [6.45, 7) is 12.7. The highest BCUT2D eigenvalue weighted by Gasteiger charge is 2.20. The van der Waals surface area contributed by atoms with Crippen molar-refractivity contribution in [3.8, 4) is 0 Å². The molecule has 0 saturated heterocycles. The maximum absolute atomic E-state index is 9.42. The number of aliphatic hydroxyl groups is 1. The lowest BCUT2D eigenvalue weighted by atomic mass is 10.0. The van der Waals surface area contributed by atoms with Gasteiger partial charge in [-0.2, -0.15) is 0 Å². The molecule has 3 nitrogen and oxygen atoms in total. The first-order chi connectivity index (χ1) is 7.86. The lowest BCUT2D eigenvalue weighted by molar-refractivity contribution is 0.194. The Labute approximate surface area is 104 Å². The Bertz CT molecular complexity index is 363. The van der Waals surface area contributed by atoms with Gasteiger partial charge >= 0.3 is 0 Å². The van der Waals surface area contributed by atoms with Crippen LogP contribution in [0.1, 0.15) is 39.5 Å². The predicted molar refractivity (Wildman–Crippen MR) is 72.2 cm³/mol. The molecule has 1 N–H and O–H groups in total. The van der Waals surface area contributed by atoms with Crippen LogP contribution < -0.4 is 4.90 Å². The first kappa shape index (κ1) is 13.7. The summed E-state index contributed by atoms with van der Waals surface area (Å²) >= 11 is 0. The smallest absolute Gasteiger partial charge is 0.0931 e. The van der Waals surface area contributed by atoms with Crippen molar-refractivity contribution in [1.82, 2.24) is 4.98 Å². The first-order valence-corrected chi connectivity index (χ1v) is 5.89. The molecule has 1 atom stereocenters. The molecule has 0 amide bonds. The molecule has 0 bridgehead atoms. The van der Waals surface area contributed by atoms with Crippen LogP contribution in [0.5, 0.6) is 0 Å². The van der Waals surface area contributed by atoms with Crippen LogP contribution in [-0.4, -0.2) is 22.2 Å². The molecule has 0 aliphatic rings. The quantitative estimate of drug-likeness (QED) is 0.814. The Morgan fingerprint density at radius 2 is 2.12 bits per heavy atom. The predicted octanol–water partition coefficient (Wildman–Crippen LogP) is 2.93. The fraction of sp³-hybridized carbons (Fsp3) is 0.500. The van der Waals surface area contributed by atoms with Gasteiger partial charge in [-0.1, -0.05) is 6.08 Å². The van der Waals surface area contributed by atoms with Crippen LogP contribution in [0, 0.1) is 0 Å². The van der Waals surface area contributed by atoms with Crippen LogP contribution in [0.15, 0.2) is 31.0 Å². The molecule has 0 fully saturated rings. The average molecular weight is 234 g/mol. The fourth-order valence-electron chi connectivity index (χ4n) is 1.70. The SMILES string of the molecule is C=CCN(c1ccc([C@@H](C)O)nc1)C(C)(C)C. The third-order valence-electron chi connectivity index (χ3n) is 2.63. The molecular weight excluding hydrogens is 212 g/mol. The largest absolute Gasteiger partial charge is 0.387 e. The zero-order valence-electron chi connectivity index (χ0n) is 11.1. The minimum absolute atomic E-state index is 0.0161. The van der Waals surface area contributed by atoms with E-state index < -0.39 is 6.10 Å². The standard InChI is InChI=1S/C14H22N2O/c1-6-9-16(14(3,4)5)12-7-8-13(11(2)17)15-10-12/h6-8,10-11,17H,1,9H2,2-5H3/t11-/m1/s1. The van der Waals surface area contributed by atoms with Gasteiger partial charge in [0.2, 0.25) is 0 Å². The molecule has 1 aromatic heterocycles. The normalized spacial score (nSPS) is 13.2. The van der Waals surface area contributed by atoms with Gasteiger partial charge in [-0.25, -0.2) is 0 Å². The first-order valence-electron chi connectivity index (χ1n) is 5.89. The van der Waals surface area contributed by atoms with Gasteiger partial charge < -0.3 is 10.0 Å². The second kappa shape index (κ2) is 5.32. The monoisotopic (exact) mass is 234 g/mol. The highest BCUT2D eigenvalue weighted by Crippen LogP contribution is 2.23. The molecule has 0 spiro atoms. The molecule has 3 heteroatoms. The molecule has 1 rings (SSSR count). The van der Waals surface area contributed by atoms with Crippen LogP contribution in [-0.2, 0) is 0 Å². The average Bonchev–Trinajstić information content (AvgIpc) is 2.24. The molecule has 0 aromatic carbocycles. The van der Waals surface area contributed by atoms with Crippen molar-refractivity contribution in [3.63, 3.8) is 0 Å². The van der Waals surface area contributed by atoms with E-state index in [1.54, 1.807) is 13.1 Å². The van der Waals surface area contributed by atoms with E-state index in [0.29, 0.717) is 5.69 Å². The lowest BCUT2D eigenvalue weighted by Gasteiger charge is -2.36. The third-order valence-corrected chi connectivity index (χ3v) is 2.63. The van der Waals surface area contributed by atoms with Crippen molar-refractivity contribution in [2.24, 2.45) is 0 Å². The molecule has 0 radical (unpaired) electrons. The second-order valence-electron chi connectivity index (χ2n) is 5.19. The summed E-state index contributed by atoms with van der Waals surface area (Å²) in [5, 5.41) is 9.42. The lowest BCUT2D eigenvalue weighted by Crippen LogP contribution is -2.41. The second-order valence-corrected chi connectivity index (χ2v) is 5.19. The number of rotatable bonds is 4. The number of hydrogen-bond donors (Lipinski definition) is 1. The van der Waals surface area contributed by atoms with Crippen LogP contribution in [0.3, 0.4) is 0 Å². The number of hydrogen-bond acceptors (Lipinski definition) is 3. The highest BCUT2D eigenvalue weighted by atomic mass is 16.3. The maximum Gasteiger partial charge on any atom is 0.0931 e. The van der Waals surface area contributed by atoms with E-state index in [1.165, 1.54) is 0 Å². The zero-order chi connectivity index (χ0) is 13.1. The van der Waals surface area contributed by atoms with Gasteiger partial charge in [-0.05, 0) is 39.8 Å². The van der Waals surface area contributed by atoms with E-state index in [9.17, 15) is 5.11 Å². The van der Waals surface area contributed by atoms with Crippen molar-refractivity contribution in [1.29, 1.82) is 0 Å². The van der Waals surface area contributed by atoms with Crippen molar-refractivity contribution in [3.05, 3.63) is 36.7 Å². The van der Waals surface area contributed by atoms with Crippen LogP contribution in [0.25, 0.3) is 0 Å². The minimum atomic E-state index is -0.522. The molecular formula is C14H22N2O. The Balaban J connectivity index is 2.99. The van der Waals surface area contributed by atoms with Gasteiger partial charge in [0.25, 0.3) is 0 Å². The summed E-state index contributed by atoms with van der Waals surface area (Å²) in [5.41, 5.74) is 1.75. The van der Waals surface area contributed by atoms with Crippen molar-refractivity contribution in [2.45, 2.75) is 39.3 Å². The maximum atomic E-state index is 9.42. The molecule has 1 heterocycles. The van der Waals surface area contributed by atoms with Gasteiger partial charge in [0.1, 0.15) is 0 Å². The number of aliphatic hydroxyl groups excluding tert-OH is 1. The van der Waals surface area contributed by atoms with Gasteiger partial charge in [0.15, 0.2) is 0 Å². The Morgan fingerprint density at radius 3 is 2.47 bits per heavy atom. The Morgan fingerprint density at radius 1 is 1.47 bits per heavy atom.